The number of benzene rings is 1. The smallest absolute Gasteiger partial charge is 0.133 e. The molecule has 1 aromatic carbocycles. The Labute approximate surface area is 147 Å². The van der Waals surface area contributed by atoms with Crippen LogP contribution >= 0.6 is 11.8 Å². The highest BCUT2D eigenvalue weighted by molar-refractivity contribution is 7.99. The Bertz CT molecular complexity index is 650. The molecular weight excluding hydrogens is 318 g/mol. The van der Waals surface area contributed by atoms with Crippen LogP contribution in [0.25, 0.3) is 0 Å². The van der Waals surface area contributed by atoms with Crippen LogP contribution in [0.4, 0.5) is 0 Å². The normalized spacial score (nSPS) is 24.3. The van der Waals surface area contributed by atoms with Crippen molar-refractivity contribution in [3.05, 3.63) is 54.2 Å². The van der Waals surface area contributed by atoms with Gasteiger partial charge in [-0.05, 0) is 29.5 Å². The van der Waals surface area contributed by atoms with Gasteiger partial charge in [-0.2, -0.15) is 0 Å². The molecule has 2 aliphatic heterocycles. The van der Waals surface area contributed by atoms with Gasteiger partial charge in [0.25, 0.3) is 0 Å². The summed E-state index contributed by atoms with van der Waals surface area (Å²) in [5, 5.41) is 10.3. The van der Waals surface area contributed by atoms with Gasteiger partial charge in [-0.1, -0.05) is 42.1 Å². The van der Waals surface area contributed by atoms with E-state index in [0.717, 1.165) is 29.3 Å². The van der Waals surface area contributed by atoms with Crippen LogP contribution in [-0.4, -0.2) is 51.9 Å². The van der Waals surface area contributed by atoms with E-state index in [2.05, 4.69) is 45.1 Å². The number of hydrogen-bond acceptors (Lipinski definition) is 5. The standard InChI is InChI=1S/C19H23N3OS/c23-18-6-7-19(20-8-18)24-14-22-12-16-10-21(11-17(16)13-22)9-15-4-2-1-3-5-15/h1-8,16-17,23H,9-14H2/t16-,17+. The second kappa shape index (κ2) is 7.13. The molecule has 0 radical (unpaired) electrons. The van der Waals surface area contributed by atoms with Gasteiger partial charge in [-0.15, -0.1) is 0 Å². The lowest BCUT2D eigenvalue weighted by Crippen LogP contribution is -2.28. The van der Waals surface area contributed by atoms with Gasteiger partial charge in [-0.25, -0.2) is 4.98 Å². The predicted molar refractivity (Wildman–Crippen MR) is 96.9 cm³/mol. The fourth-order valence-electron chi connectivity index (χ4n) is 3.88. The predicted octanol–water partition coefficient (Wildman–Crippen LogP) is 2.90. The Balaban J connectivity index is 1.25. The van der Waals surface area contributed by atoms with E-state index in [-0.39, 0.29) is 5.75 Å². The summed E-state index contributed by atoms with van der Waals surface area (Å²) in [5.74, 6) is 2.83. The first-order valence-electron chi connectivity index (χ1n) is 8.53. The van der Waals surface area contributed by atoms with Crippen molar-refractivity contribution < 1.29 is 5.11 Å². The fourth-order valence-corrected chi connectivity index (χ4v) is 4.70. The minimum Gasteiger partial charge on any atom is -0.506 e. The highest BCUT2D eigenvalue weighted by atomic mass is 32.2. The minimum absolute atomic E-state index is 0.230. The number of likely N-dealkylation sites (tertiary alicyclic amines) is 2. The first-order chi connectivity index (χ1) is 11.8. The lowest BCUT2D eigenvalue weighted by atomic mass is 10.0. The number of aromatic hydroxyl groups is 1. The third-order valence-corrected chi connectivity index (χ3v) is 6.03. The molecule has 2 aliphatic rings. The number of fused-ring (bicyclic) bond motifs is 1. The van der Waals surface area contributed by atoms with E-state index in [1.54, 1.807) is 17.8 Å². The van der Waals surface area contributed by atoms with Gasteiger partial charge in [0, 0.05) is 32.7 Å². The van der Waals surface area contributed by atoms with Crippen LogP contribution < -0.4 is 0 Å². The largest absolute Gasteiger partial charge is 0.506 e. The number of thioether (sulfide) groups is 1. The molecular formula is C19H23N3OS. The molecule has 4 nitrogen and oxygen atoms in total. The van der Waals surface area contributed by atoms with Crippen molar-refractivity contribution in [2.24, 2.45) is 11.8 Å². The molecule has 0 unspecified atom stereocenters. The maximum Gasteiger partial charge on any atom is 0.133 e. The number of rotatable bonds is 5. The van der Waals surface area contributed by atoms with E-state index in [9.17, 15) is 5.11 Å². The summed E-state index contributed by atoms with van der Waals surface area (Å²) in [7, 11) is 0. The van der Waals surface area contributed by atoms with Crippen LogP contribution in [0.15, 0.2) is 53.7 Å². The lowest BCUT2D eigenvalue weighted by molar-refractivity contribution is 0.268. The van der Waals surface area contributed by atoms with Crippen LogP contribution in [0.3, 0.4) is 0 Å². The molecule has 0 saturated carbocycles. The summed E-state index contributed by atoms with van der Waals surface area (Å²) in [5.41, 5.74) is 1.42. The summed E-state index contributed by atoms with van der Waals surface area (Å²) >= 11 is 1.76. The highest BCUT2D eigenvalue weighted by Gasteiger charge is 2.39. The molecule has 2 saturated heterocycles. The molecule has 2 atom stereocenters. The summed E-state index contributed by atoms with van der Waals surface area (Å²) in [6.45, 7) is 5.92. The van der Waals surface area contributed by atoms with Crippen LogP contribution in [0.2, 0.25) is 0 Å². The minimum atomic E-state index is 0.230. The third kappa shape index (κ3) is 3.74. The molecule has 24 heavy (non-hydrogen) atoms. The first-order valence-corrected chi connectivity index (χ1v) is 9.51. The Morgan fingerprint density at radius 3 is 2.33 bits per heavy atom. The van der Waals surface area contributed by atoms with Crippen molar-refractivity contribution >= 4 is 11.8 Å². The van der Waals surface area contributed by atoms with E-state index < -0.39 is 0 Å². The first kappa shape index (κ1) is 15.9. The van der Waals surface area contributed by atoms with Gasteiger partial charge in [0.2, 0.25) is 0 Å². The number of nitrogens with zero attached hydrogens (tertiary/aromatic N) is 3. The van der Waals surface area contributed by atoms with Gasteiger partial charge in [0.15, 0.2) is 0 Å². The highest BCUT2D eigenvalue weighted by Crippen LogP contribution is 2.33. The van der Waals surface area contributed by atoms with Crippen LogP contribution in [0, 0.1) is 11.8 Å². The number of aromatic nitrogens is 1. The van der Waals surface area contributed by atoms with E-state index in [1.165, 1.54) is 37.9 Å². The Kier molecular flexibility index (Phi) is 4.74. The Hall–Kier alpha value is -1.56. The molecule has 4 rings (SSSR count). The monoisotopic (exact) mass is 341 g/mol. The maximum atomic E-state index is 9.29. The molecule has 3 heterocycles. The van der Waals surface area contributed by atoms with Crippen molar-refractivity contribution in [3.63, 3.8) is 0 Å². The second-order valence-electron chi connectivity index (χ2n) is 6.86. The third-order valence-electron chi connectivity index (χ3n) is 5.00. The van der Waals surface area contributed by atoms with Crippen molar-refractivity contribution in [1.82, 2.24) is 14.8 Å². The number of pyridine rings is 1. The number of hydrogen-bond donors (Lipinski definition) is 1. The fraction of sp³-hybridized carbons (Fsp3) is 0.421. The van der Waals surface area contributed by atoms with Crippen molar-refractivity contribution in [2.45, 2.75) is 11.6 Å². The zero-order chi connectivity index (χ0) is 16.4. The van der Waals surface area contributed by atoms with E-state index in [0.29, 0.717) is 0 Å². The molecule has 0 amide bonds. The quantitative estimate of drug-likeness (QED) is 0.847. The van der Waals surface area contributed by atoms with Crippen molar-refractivity contribution in [2.75, 3.05) is 32.1 Å². The topological polar surface area (TPSA) is 39.6 Å². The molecule has 2 aromatic rings. The average Bonchev–Trinajstić information content (AvgIpc) is 3.13. The van der Waals surface area contributed by atoms with Gasteiger partial charge in [0.05, 0.1) is 17.1 Å². The lowest BCUT2D eigenvalue weighted by Gasteiger charge is -2.21. The average molecular weight is 341 g/mol. The van der Waals surface area contributed by atoms with E-state index >= 15 is 0 Å². The molecule has 5 heteroatoms. The van der Waals surface area contributed by atoms with Gasteiger partial charge >= 0.3 is 0 Å². The van der Waals surface area contributed by atoms with Crippen molar-refractivity contribution in [1.29, 1.82) is 0 Å². The molecule has 0 aliphatic carbocycles. The second-order valence-corrected chi connectivity index (χ2v) is 7.83. The van der Waals surface area contributed by atoms with Crippen LogP contribution in [-0.2, 0) is 6.54 Å². The summed E-state index contributed by atoms with van der Waals surface area (Å²) in [4.78, 5) is 9.41. The van der Waals surface area contributed by atoms with Crippen molar-refractivity contribution in [3.8, 4) is 5.75 Å². The Morgan fingerprint density at radius 2 is 1.67 bits per heavy atom. The van der Waals surface area contributed by atoms with Crippen LogP contribution in [0.5, 0.6) is 5.75 Å². The summed E-state index contributed by atoms with van der Waals surface area (Å²) < 4.78 is 0. The maximum absolute atomic E-state index is 9.29. The SMILES string of the molecule is Oc1ccc(SCN2C[C@@H]3CN(Cc4ccccc4)C[C@@H]3C2)nc1. The Morgan fingerprint density at radius 1 is 0.958 bits per heavy atom. The summed E-state index contributed by atoms with van der Waals surface area (Å²) in [6.07, 6.45) is 1.52. The molecule has 1 N–H and O–H groups in total. The molecule has 2 fully saturated rings. The zero-order valence-electron chi connectivity index (χ0n) is 13.7. The molecule has 0 spiro atoms. The van der Waals surface area contributed by atoms with E-state index in [4.69, 9.17) is 0 Å². The summed E-state index contributed by atoms with van der Waals surface area (Å²) in [6, 6.07) is 14.4. The molecule has 1 aromatic heterocycles. The van der Waals surface area contributed by atoms with Gasteiger partial charge < -0.3 is 5.11 Å². The van der Waals surface area contributed by atoms with Gasteiger partial charge in [-0.3, -0.25) is 9.80 Å². The molecule has 0 bridgehead atoms. The molecule has 126 valence electrons. The van der Waals surface area contributed by atoms with Gasteiger partial charge in [0.1, 0.15) is 5.75 Å². The van der Waals surface area contributed by atoms with Crippen LogP contribution in [0.1, 0.15) is 5.56 Å². The van der Waals surface area contributed by atoms with E-state index in [1.807, 2.05) is 6.07 Å². The zero-order valence-corrected chi connectivity index (χ0v) is 14.5.